The Morgan fingerprint density at radius 2 is 2.17 bits per heavy atom. The van der Waals surface area contributed by atoms with Crippen molar-refractivity contribution in [1.82, 2.24) is 0 Å². The van der Waals surface area contributed by atoms with Gasteiger partial charge in [0.15, 0.2) is 0 Å². The molecular formula is C14H19BrO2S. The third-order valence-electron chi connectivity index (χ3n) is 3.18. The van der Waals surface area contributed by atoms with E-state index in [-0.39, 0.29) is 6.10 Å². The fourth-order valence-corrected chi connectivity index (χ4v) is 3.64. The molecule has 0 saturated carbocycles. The first-order valence-electron chi connectivity index (χ1n) is 6.38. The third-order valence-corrected chi connectivity index (χ3v) is 4.82. The summed E-state index contributed by atoms with van der Waals surface area (Å²) in [7, 11) is 0. The molecule has 2 nitrogen and oxygen atoms in total. The zero-order valence-corrected chi connectivity index (χ0v) is 12.8. The van der Waals surface area contributed by atoms with Crippen LogP contribution in [-0.4, -0.2) is 30.2 Å². The highest BCUT2D eigenvalue weighted by Crippen LogP contribution is 2.26. The number of thioether (sulfide) groups is 1. The summed E-state index contributed by atoms with van der Waals surface area (Å²) in [4.78, 5) is 1.20. The van der Waals surface area contributed by atoms with Crippen LogP contribution >= 0.6 is 27.7 Å². The van der Waals surface area contributed by atoms with Gasteiger partial charge in [0.2, 0.25) is 0 Å². The van der Waals surface area contributed by atoms with Crippen molar-refractivity contribution in [3.05, 3.63) is 28.7 Å². The molecule has 1 atom stereocenters. The predicted octanol–water partition coefficient (Wildman–Crippen LogP) is 3.72. The molecule has 1 aromatic rings. The van der Waals surface area contributed by atoms with E-state index < -0.39 is 0 Å². The van der Waals surface area contributed by atoms with Crippen molar-refractivity contribution >= 4 is 27.7 Å². The summed E-state index contributed by atoms with van der Waals surface area (Å²) in [6, 6.07) is 8.21. The maximum Gasteiger partial charge on any atom is 0.0636 e. The highest BCUT2D eigenvalue weighted by molar-refractivity contribution is 9.10. The molecule has 0 aliphatic carbocycles. The number of rotatable bonds is 5. The zero-order valence-electron chi connectivity index (χ0n) is 10.3. The fourth-order valence-electron chi connectivity index (χ4n) is 2.18. The van der Waals surface area contributed by atoms with Crippen LogP contribution in [0.2, 0.25) is 0 Å². The molecule has 0 bridgehead atoms. The molecule has 1 aliphatic heterocycles. The van der Waals surface area contributed by atoms with Crippen LogP contribution in [-0.2, 0) is 4.74 Å². The molecule has 18 heavy (non-hydrogen) atoms. The Kier molecular flexibility index (Phi) is 6.02. The highest BCUT2D eigenvalue weighted by atomic mass is 79.9. The Bertz CT molecular complexity index is 367. The number of hydrogen-bond acceptors (Lipinski definition) is 3. The van der Waals surface area contributed by atoms with E-state index in [0.717, 1.165) is 42.7 Å². The topological polar surface area (TPSA) is 29.5 Å². The maximum atomic E-state index is 10.1. The smallest absolute Gasteiger partial charge is 0.0636 e. The van der Waals surface area contributed by atoms with Crippen molar-refractivity contribution in [1.29, 1.82) is 0 Å². The summed E-state index contributed by atoms with van der Waals surface area (Å²) in [5, 5.41) is 10.1. The van der Waals surface area contributed by atoms with Gasteiger partial charge in [-0.05, 0) is 43.4 Å². The first kappa shape index (κ1) is 14.4. The lowest BCUT2D eigenvalue weighted by Crippen LogP contribution is -2.22. The second-order valence-electron chi connectivity index (χ2n) is 4.71. The lowest BCUT2D eigenvalue weighted by atomic mass is 9.94. The molecule has 2 rings (SSSR count). The maximum absolute atomic E-state index is 10.1. The standard InChI is InChI=1S/C14H19BrO2S/c15-12-2-1-3-14(9-12)18-10-13(16)8-11-4-6-17-7-5-11/h1-3,9,11,13,16H,4-8,10H2. The van der Waals surface area contributed by atoms with E-state index in [9.17, 15) is 5.11 Å². The average molecular weight is 331 g/mol. The third kappa shape index (κ3) is 4.92. The van der Waals surface area contributed by atoms with Gasteiger partial charge in [0, 0.05) is 28.3 Å². The van der Waals surface area contributed by atoms with Crippen LogP contribution in [0.1, 0.15) is 19.3 Å². The monoisotopic (exact) mass is 330 g/mol. The Balaban J connectivity index is 1.72. The van der Waals surface area contributed by atoms with Gasteiger partial charge in [0.05, 0.1) is 6.10 Å². The molecule has 1 heterocycles. The molecule has 1 fully saturated rings. The van der Waals surface area contributed by atoms with E-state index in [1.165, 1.54) is 4.90 Å². The molecular weight excluding hydrogens is 312 g/mol. The van der Waals surface area contributed by atoms with E-state index in [1.54, 1.807) is 11.8 Å². The summed E-state index contributed by atoms with van der Waals surface area (Å²) < 4.78 is 6.42. The Hall–Kier alpha value is -0.0300. The van der Waals surface area contributed by atoms with Crippen LogP contribution in [0.5, 0.6) is 0 Å². The fraction of sp³-hybridized carbons (Fsp3) is 0.571. The van der Waals surface area contributed by atoms with E-state index in [1.807, 2.05) is 12.1 Å². The van der Waals surface area contributed by atoms with Gasteiger partial charge in [-0.2, -0.15) is 0 Å². The molecule has 1 aromatic carbocycles. The molecule has 0 amide bonds. The van der Waals surface area contributed by atoms with Crippen molar-refractivity contribution in [2.24, 2.45) is 5.92 Å². The van der Waals surface area contributed by atoms with Gasteiger partial charge in [0.1, 0.15) is 0 Å². The van der Waals surface area contributed by atoms with Gasteiger partial charge >= 0.3 is 0 Å². The van der Waals surface area contributed by atoms with Gasteiger partial charge < -0.3 is 9.84 Å². The van der Waals surface area contributed by atoms with Crippen molar-refractivity contribution in [2.45, 2.75) is 30.3 Å². The average Bonchev–Trinajstić information content (AvgIpc) is 2.38. The minimum Gasteiger partial charge on any atom is -0.392 e. The Labute approximate surface area is 121 Å². The molecule has 1 saturated heterocycles. The van der Waals surface area contributed by atoms with Crippen LogP contribution in [0.15, 0.2) is 33.6 Å². The van der Waals surface area contributed by atoms with E-state index >= 15 is 0 Å². The van der Waals surface area contributed by atoms with Crippen molar-refractivity contribution in [3.63, 3.8) is 0 Å². The minimum absolute atomic E-state index is 0.211. The quantitative estimate of drug-likeness (QED) is 0.834. The number of aliphatic hydroxyl groups is 1. The van der Waals surface area contributed by atoms with Crippen LogP contribution < -0.4 is 0 Å². The first-order valence-corrected chi connectivity index (χ1v) is 8.16. The molecule has 1 aliphatic rings. The van der Waals surface area contributed by atoms with E-state index in [0.29, 0.717) is 5.92 Å². The molecule has 1 N–H and O–H groups in total. The number of ether oxygens (including phenoxy) is 1. The van der Waals surface area contributed by atoms with Gasteiger partial charge in [0.25, 0.3) is 0 Å². The van der Waals surface area contributed by atoms with E-state index in [2.05, 4.69) is 28.1 Å². The van der Waals surface area contributed by atoms with Crippen LogP contribution in [0.4, 0.5) is 0 Å². The largest absolute Gasteiger partial charge is 0.392 e. The number of hydrogen-bond donors (Lipinski definition) is 1. The Morgan fingerprint density at radius 1 is 1.39 bits per heavy atom. The van der Waals surface area contributed by atoms with Crippen LogP contribution in [0.25, 0.3) is 0 Å². The summed E-state index contributed by atoms with van der Waals surface area (Å²) in [5.41, 5.74) is 0. The summed E-state index contributed by atoms with van der Waals surface area (Å²) >= 11 is 5.18. The molecule has 0 spiro atoms. The SMILES string of the molecule is OC(CSc1cccc(Br)c1)CC1CCOCC1. The molecule has 100 valence electrons. The predicted molar refractivity (Wildman–Crippen MR) is 79.0 cm³/mol. The first-order chi connectivity index (χ1) is 8.74. The summed E-state index contributed by atoms with van der Waals surface area (Å²) in [6.07, 6.45) is 2.89. The molecule has 1 unspecified atom stereocenters. The van der Waals surface area contributed by atoms with Crippen molar-refractivity contribution < 1.29 is 9.84 Å². The zero-order chi connectivity index (χ0) is 12.8. The van der Waals surface area contributed by atoms with Crippen molar-refractivity contribution in [3.8, 4) is 0 Å². The van der Waals surface area contributed by atoms with Crippen LogP contribution in [0.3, 0.4) is 0 Å². The lowest BCUT2D eigenvalue weighted by Gasteiger charge is -2.24. The molecule has 0 radical (unpaired) electrons. The highest BCUT2D eigenvalue weighted by Gasteiger charge is 2.17. The second kappa shape index (κ2) is 7.53. The van der Waals surface area contributed by atoms with Gasteiger partial charge in [-0.3, -0.25) is 0 Å². The lowest BCUT2D eigenvalue weighted by molar-refractivity contribution is 0.0478. The molecule has 4 heteroatoms. The van der Waals surface area contributed by atoms with Gasteiger partial charge in [-0.25, -0.2) is 0 Å². The minimum atomic E-state index is -0.211. The Morgan fingerprint density at radius 3 is 2.89 bits per heavy atom. The number of benzene rings is 1. The van der Waals surface area contributed by atoms with Gasteiger partial charge in [-0.1, -0.05) is 22.0 Å². The number of aliphatic hydroxyl groups excluding tert-OH is 1. The second-order valence-corrected chi connectivity index (χ2v) is 6.72. The van der Waals surface area contributed by atoms with Crippen molar-refractivity contribution in [2.75, 3.05) is 19.0 Å². The summed E-state index contributed by atoms with van der Waals surface area (Å²) in [6.45, 7) is 1.71. The molecule has 0 aromatic heterocycles. The number of halogens is 1. The van der Waals surface area contributed by atoms with Crippen LogP contribution in [0, 0.1) is 5.92 Å². The van der Waals surface area contributed by atoms with Gasteiger partial charge in [-0.15, -0.1) is 11.8 Å². The van der Waals surface area contributed by atoms with E-state index in [4.69, 9.17) is 4.74 Å². The summed E-state index contributed by atoms with van der Waals surface area (Å²) in [5.74, 6) is 1.41. The normalized spacial score (nSPS) is 18.8.